The minimum atomic E-state index is -0.158. The molecule has 2 amide bonds. The van der Waals surface area contributed by atoms with Gasteiger partial charge in [0.15, 0.2) is 0 Å². The second-order valence-electron chi connectivity index (χ2n) is 5.61. The van der Waals surface area contributed by atoms with Crippen LogP contribution in [0.4, 0.5) is 0 Å². The minimum Gasteiger partial charge on any atom is -0.298 e. The summed E-state index contributed by atoms with van der Waals surface area (Å²) >= 11 is 1.49. The summed E-state index contributed by atoms with van der Waals surface area (Å²) in [5.41, 5.74) is 0. The van der Waals surface area contributed by atoms with E-state index in [1.807, 2.05) is 27.7 Å². The van der Waals surface area contributed by atoms with Crippen molar-refractivity contribution in [2.24, 2.45) is 17.8 Å². The third-order valence-electron chi connectivity index (χ3n) is 3.43. The summed E-state index contributed by atoms with van der Waals surface area (Å²) in [5, 5.41) is 0. The smallest absolute Gasteiger partial charge is 0.233 e. The highest BCUT2D eigenvalue weighted by molar-refractivity contribution is 7.99. The Kier molecular flexibility index (Phi) is 6.04. The lowest BCUT2D eigenvalue weighted by Crippen LogP contribution is -2.33. The number of carbonyl (C=O) groups is 3. The van der Waals surface area contributed by atoms with Crippen molar-refractivity contribution in [2.45, 2.75) is 34.1 Å². The fourth-order valence-electron chi connectivity index (χ4n) is 1.96. The van der Waals surface area contributed by atoms with E-state index in [0.29, 0.717) is 24.5 Å². The topological polar surface area (TPSA) is 54.5 Å². The number of imide groups is 1. The van der Waals surface area contributed by atoms with Crippen molar-refractivity contribution in [3.8, 4) is 0 Å². The third-order valence-corrected chi connectivity index (χ3v) is 4.39. The van der Waals surface area contributed by atoms with Gasteiger partial charge in [-0.2, -0.15) is 11.8 Å². The Morgan fingerprint density at radius 2 is 1.95 bits per heavy atom. The lowest BCUT2D eigenvalue weighted by Gasteiger charge is -2.16. The summed E-state index contributed by atoms with van der Waals surface area (Å²) in [7, 11) is 0. The van der Waals surface area contributed by atoms with Crippen LogP contribution >= 0.6 is 11.8 Å². The molecule has 1 saturated heterocycles. The van der Waals surface area contributed by atoms with E-state index >= 15 is 0 Å². The normalized spacial score (nSPS) is 19.9. The van der Waals surface area contributed by atoms with Gasteiger partial charge in [0.2, 0.25) is 11.8 Å². The number of hydrogen-bond acceptors (Lipinski definition) is 4. The average Bonchev–Trinajstić information content (AvgIpc) is 2.61. The maximum atomic E-state index is 12.0. The molecule has 0 bridgehead atoms. The Balaban J connectivity index is 2.36. The molecule has 1 aliphatic heterocycles. The predicted octanol–water partition coefficient (Wildman–Crippen LogP) is 1.98. The molecule has 0 aliphatic carbocycles. The molecule has 0 aromatic heterocycles. The number of carbonyl (C=O) groups excluding carboxylic acids is 3. The predicted molar refractivity (Wildman–Crippen MR) is 76.8 cm³/mol. The summed E-state index contributed by atoms with van der Waals surface area (Å²) in [4.78, 5) is 36.6. The van der Waals surface area contributed by atoms with Gasteiger partial charge in [-0.05, 0) is 5.92 Å². The van der Waals surface area contributed by atoms with E-state index in [0.717, 1.165) is 0 Å². The number of amides is 2. The number of likely N-dealkylation sites (tertiary alicyclic amines) is 1. The van der Waals surface area contributed by atoms with E-state index in [-0.39, 0.29) is 35.4 Å². The van der Waals surface area contributed by atoms with Gasteiger partial charge in [0.05, 0.1) is 5.75 Å². The molecule has 19 heavy (non-hydrogen) atoms. The highest BCUT2D eigenvalue weighted by Crippen LogP contribution is 2.26. The molecule has 1 rings (SSSR count). The number of thioether (sulfide) groups is 1. The number of ketones is 1. The molecule has 0 N–H and O–H groups in total. The summed E-state index contributed by atoms with van der Waals surface area (Å²) in [5.74, 6) is 1.29. The fraction of sp³-hybridized carbons (Fsp3) is 0.786. The van der Waals surface area contributed by atoms with Gasteiger partial charge in [-0.3, -0.25) is 19.3 Å². The van der Waals surface area contributed by atoms with E-state index in [4.69, 9.17) is 0 Å². The van der Waals surface area contributed by atoms with E-state index in [2.05, 4.69) is 0 Å². The van der Waals surface area contributed by atoms with Crippen LogP contribution in [0.5, 0.6) is 0 Å². The van der Waals surface area contributed by atoms with Gasteiger partial charge in [-0.15, -0.1) is 0 Å². The molecular formula is C14H23NO3S. The maximum absolute atomic E-state index is 12.0. The fourth-order valence-corrected chi connectivity index (χ4v) is 2.95. The first kappa shape index (κ1) is 16.2. The largest absolute Gasteiger partial charge is 0.298 e. The van der Waals surface area contributed by atoms with Crippen LogP contribution in [0, 0.1) is 17.8 Å². The lowest BCUT2D eigenvalue weighted by atomic mass is 9.94. The molecule has 0 spiro atoms. The summed E-state index contributed by atoms with van der Waals surface area (Å²) in [6.45, 7) is 8.12. The zero-order valence-corrected chi connectivity index (χ0v) is 13.0. The maximum Gasteiger partial charge on any atom is 0.233 e. The first-order chi connectivity index (χ1) is 8.84. The number of Topliss-reactive ketones (excluding diaryl/α,β-unsaturated/α-hetero) is 1. The number of hydrogen-bond donors (Lipinski definition) is 0. The van der Waals surface area contributed by atoms with Crippen molar-refractivity contribution in [1.29, 1.82) is 0 Å². The minimum absolute atomic E-state index is 0.0456. The van der Waals surface area contributed by atoms with Crippen molar-refractivity contribution < 1.29 is 14.4 Å². The van der Waals surface area contributed by atoms with Gasteiger partial charge in [-0.25, -0.2) is 0 Å². The van der Waals surface area contributed by atoms with Crippen molar-refractivity contribution in [2.75, 3.05) is 18.1 Å². The molecule has 0 aromatic carbocycles. The van der Waals surface area contributed by atoms with Gasteiger partial charge in [0.25, 0.3) is 0 Å². The van der Waals surface area contributed by atoms with Crippen LogP contribution in [0.25, 0.3) is 0 Å². The molecule has 0 radical (unpaired) electrons. The molecule has 1 atom stereocenters. The molecule has 1 fully saturated rings. The molecule has 0 saturated carbocycles. The standard InChI is InChI=1S/C14H23NO3S/c1-9(2)11-7-13(17)15(14(11)18)5-6-19-8-12(16)10(3)4/h9-11H,5-8H2,1-4H3. The van der Waals surface area contributed by atoms with Crippen LogP contribution in [-0.2, 0) is 14.4 Å². The molecular weight excluding hydrogens is 262 g/mol. The Morgan fingerprint density at radius 1 is 1.32 bits per heavy atom. The summed E-state index contributed by atoms with van der Waals surface area (Å²) < 4.78 is 0. The third kappa shape index (κ3) is 4.34. The molecule has 0 aromatic rings. The highest BCUT2D eigenvalue weighted by Gasteiger charge is 2.39. The second-order valence-corrected chi connectivity index (χ2v) is 6.72. The van der Waals surface area contributed by atoms with Crippen LogP contribution in [0.3, 0.4) is 0 Å². The van der Waals surface area contributed by atoms with Crippen LogP contribution in [0.2, 0.25) is 0 Å². The Bertz CT molecular complexity index is 366. The van der Waals surface area contributed by atoms with Gasteiger partial charge >= 0.3 is 0 Å². The van der Waals surface area contributed by atoms with E-state index in [1.54, 1.807) is 0 Å². The van der Waals surface area contributed by atoms with Crippen molar-refractivity contribution in [1.82, 2.24) is 4.90 Å². The van der Waals surface area contributed by atoms with Gasteiger partial charge in [0.1, 0.15) is 5.78 Å². The van der Waals surface area contributed by atoms with Crippen LogP contribution in [0.15, 0.2) is 0 Å². The Labute approximate surface area is 119 Å². The van der Waals surface area contributed by atoms with E-state index in [1.165, 1.54) is 16.7 Å². The zero-order chi connectivity index (χ0) is 14.6. The number of nitrogens with zero attached hydrogens (tertiary/aromatic N) is 1. The monoisotopic (exact) mass is 285 g/mol. The molecule has 1 unspecified atom stereocenters. The van der Waals surface area contributed by atoms with Crippen LogP contribution < -0.4 is 0 Å². The summed E-state index contributed by atoms with van der Waals surface area (Å²) in [6, 6.07) is 0. The van der Waals surface area contributed by atoms with Crippen molar-refractivity contribution in [3.05, 3.63) is 0 Å². The lowest BCUT2D eigenvalue weighted by molar-refractivity contribution is -0.139. The molecule has 1 aliphatic rings. The average molecular weight is 285 g/mol. The SMILES string of the molecule is CC(C)C(=O)CSCCN1C(=O)CC(C(C)C)C1=O. The first-order valence-electron chi connectivity index (χ1n) is 6.79. The number of rotatable bonds is 7. The van der Waals surface area contributed by atoms with Gasteiger partial charge < -0.3 is 0 Å². The zero-order valence-electron chi connectivity index (χ0n) is 12.1. The Morgan fingerprint density at radius 3 is 2.42 bits per heavy atom. The Hall–Kier alpha value is -0.840. The van der Waals surface area contributed by atoms with Crippen LogP contribution in [-0.4, -0.2) is 40.5 Å². The van der Waals surface area contributed by atoms with Crippen molar-refractivity contribution in [3.63, 3.8) is 0 Å². The van der Waals surface area contributed by atoms with E-state index < -0.39 is 0 Å². The quantitative estimate of drug-likeness (QED) is 0.530. The van der Waals surface area contributed by atoms with Gasteiger partial charge in [0, 0.05) is 30.6 Å². The molecule has 5 heteroatoms. The highest BCUT2D eigenvalue weighted by atomic mass is 32.2. The van der Waals surface area contributed by atoms with Crippen molar-refractivity contribution >= 4 is 29.4 Å². The molecule has 108 valence electrons. The molecule has 4 nitrogen and oxygen atoms in total. The summed E-state index contributed by atoms with van der Waals surface area (Å²) in [6.07, 6.45) is 0.339. The second kappa shape index (κ2) is 7.08. The van der Waals surface area contributed by atoms with E-state index in [9.17, 15) is 14.4 Å². The molecule has 1 heterocycles. The van der Waals surface area contributed by atoms with Crippen LogP contribution in [0.1, 0.15) is 34.1 Å². The first-order valence-corrected chi connectivity index (χ1v) is 7.94. The van der Waals surface area contributed by atoms with Gasteiger partial charge in [-0.1, -0.05) is 27.7 Å².